The molecule has 0 amide bonds. The third kappa shape index (κ3) is 3.91. The van der Waals surface area contributed by atoms with Crippen molar-refractivity contribution in [3.63, 3.8) is 0 Å². The van der Waals surface area contributed by atoms with E-state index in [0.717, 1.165) is 16.4 Å². The molecule has 3 aromatic carbocycles. The van der Waals surface area contributed by atoms with E-state index < -0.39 is 16.4 Å². The Labute approximate surface area is 186 Å². The van der Waals surface area contributed by atoms with Crippen LogP contribution in [0.4, 0.5) is 30.5 Å². The molecule has 0 fully saturated rings. The highest BCUT2D eigenvalue weighted by atomic mass is 32.2. The molecule has 0 N–H and O–H groups in total. The van der Waals surface area contributed by atoms with Crippen molar-refractivity contribution in [1.29, 1.82) is 0 Å². The second-order valence-electron chi connectivity index (χ2n) is 7.14. The Kier molecular flexibility index (Phi) is 4.85. The van der Waals surface area contributed by atoms with Gasteiger partial charge in [-0.25, -0.2) is 22.7 Å². The molecule has 0 unspecified atom stereocenters. The van der Waals surface area contributed by atoms with Crippen molar-refractivity contribution in [3.05, 3.63) is 78.9 Å². The first-order chi connectivity index (χ1) is 15.7. The number of nitrogens with zero attached hydrogens (tertiary/aromatic N) is 4. The monoisotopic (exact) mass is 472 g/mol. The lowest BCUT2D eigenvalue weighted by Crippen LogP contribution is -2.34. The van der Waals surface area contributed by atoms with E-state index in [4.69, 9.17) is 0 Å². The summed E-state index contributed by atoms with van der Waals surface area (Å²) in [6, 6.07) is 20.1. The van der Waals surface area contributed by atoms with Gasteiger partial charge in [0, 0.05) is 5.69 Å². The number of hydrogen-bond acceptors (Lipinski definition) is 6. The van der Waals surface area contributed by atoms with Crippen molar-refractivity contribution in [2.24, 2.45) is 0 Å². The summed E-state index contributed by atoms with van der Waals surface area (Å²) in [5.74, 6) is 0.0231. The lowest BCUT2D eigenvalue weighted by atomic mass is 10.2. The van der Waals surface area contributed by atoms with E-state index >= 15 is 0 Å². The maximum absolute atomic E-state index is 13.4. The number of aromatic nitrogens is 2. The van der Waals surface area contributed by atoms with E-state index in [-0.39, 0.29) is 28.9 Å². The third-order valence-electron chi connectivity index (χ3n) is 5.01. The number of sulfonamides is 1. The molecule has 0 aliphatic carbocycles. The number of alkyl halides is 3. The van der Waals surface area contributed by atoms with E-state index in [1.54, 1.807) is 47.4 Å². The standard InChI is InChI=1S/C22H15F3N4O3S/c23-22(24,25)32-16-12-10-15(11-13-16)28-14-29(33(30,31)17-6-2-1-3-7-17)21-20(28)26-18-8-4-5-9-19(18)27-21/h1-13H,14H2. The quantitative estimate of drug-likeness (QED) is 0.424. The van der Waals surface area contributed by atoms with E-state index in [9.17, 15) is 21.6 Å². The summed E-state index contributed by atoms with van der Waals surface area (Å²) in [6.45, 7) is -0.150. The highest BCUT2D eigenvalue weighted by Gasteiger charge is 2.39. The van der Waals surface area contributed by atoms with Crippen LogP contribution in [0.1, 0.15) is 0 Å². The van der Waals surface area contributed by atoms with E-state index in [1.807, 2.05) is 0 Å². The molecule has 0 spiro atoms. The van der Waals surface area contributed by atoms with E-state index in [1.165, 1.54) is 24.3 Å². The average Bonchev–Trinajstić information content (AvgIpc) is 3.17. The van der Waals surface area contributed by atoms with Crippen molar-refractivity contribution < 1.29 is 26.3 Å². The van der Waals surface area contributed by atoms with E-state index in [0.29, 0.717) is 16.7 Å². The first kappa shape index (κ1) is 21.0. The van der Waals surface area contributed by atoms with Gasteiger partial charge in [0.15, 0.2) is 11.6 Å². The maximum Gasteiger partial charge on any atom is 0.573 e. The Morgan fingerprint density at radius 1 is 0.788 bits per heavy atom. The number of anilines is 3. The summed E-state index contributed by atoms with van der Waals surface area (Å²) in [7, 11) is -3.98. The van der Waals surface area contributed by atoms with Crippen LogP contribution in [0.15, 0.2) is 83.8 Å². The summed E-state index contributed by atoms with van der Waals surface area (Å²) in [5.41, 5.74) is 1.50. The van der Waals surface area contributed by atoms with Gasteiger partial charge in [-0.15, -0.1) is 13.2 Å². The zero-order chi connectivity index (χ0) is 23.2. The molecule has 33 heavy (non-hydrogen) atoms. The summed E-state index contributed by atoms with van der Waals surface area (Å²) in [4.78, 5) is 10.8. The van der Waals surface area contributed by atoms with Gasteiger partial charge in [0.25, 0.3) is 10.0 Å². The average molecular weight is 472 g/mol. The summed E-state index contributed by atoms with van der Waals surface area (Å²) < 4.78 is 69.4. The van der Waals surface area contributed by atoms with Gasteiger partial charge in [0.1, 0.15) is 12.4 Å². The highest BCUT2D eigenvalue weighted by Crippen LogP contribution is 2.42. The smallest absolute Gasteiger partial charge is 0.406 e. The predicted molar refractivity (Wildman–Crippen MR) is 116 cm³/mol. The molecule has 1 aliphatic heterocycles. The molecular formula is C22H15F3N4O3S. The number of ether oxygens (including phenoxy) is 1. The Morgan fingerprint density at radius 2 is 1.36 bits per heavy atom. The van der Waals surface area contributed by atoms with Crippen LogP contribution in [0.3, 0.4) is 0 Å². The van der Waals surface area contributed by atoms with Crippen LogP contribution in [-0.4, -0.2) is 31.4 Å². The van der Waals surface area contributed by atoms with Crippen LogP contribution in [-0.2, 0) is 10.0 Å². The SMILES string of the molecule is O=S(=O)(c1ccccc1)N1CN(c2ccc(OC(F)(F)F)cc2)c2nc3ccccc3nc21. The Morgan fingerprint density at radius 3 is 1.97 bits per heavy atom. The van der Waals surface area contributed by atoms with Crippen molar-refractivity contribution >= 4 is 38.4 Å². The Balaban J connectivity index is 1.61. The van der Waals surface area contributed by atoms with Gasteiger partial charge in [-0.1, -0.05) is 30.3 Å². The van der Waals surface area contributed by atoms with Crippen molar-refractivity contribution in [1.82, 2.24) is 9.97 Å². The molecule has 5 rings (SSSR count). The minimum Gasteiger partial charge on any atom is -0.406 e. The van der Waals surface area contributed by atoms with Gasteiger partial charge in [-0.2, -0.15) is 0 Å². The number of rotatable bonds is 4. The van der Waals surface area contributed by atoms with Gasteiger partial charge in [0.05, 0.1) is 15.9 Å². The van der Waals surface area contributed by atoms with Gasteiger partial charge < -0.3 is 9.64 Å². The summed E-state index contributed by atoms with van der Waals surface area (Å²) in [5, 5.41) is 0. The molecule has 0 atom stereocenters. The Hall–Kier alpha value is -3.86. The first-order valence-electron chi connectivity index (χ1n) is 9.70. The molecule has 0 radical (unpaired) electrons. The number of para-hydroxylation sites is 2. The molecule has 7 nitrogen and oxygen atoms in total. The zero-order valence-electron chi connectivity index (χ0n) is 16.8. The Bertz CT molecular complexity index is 1430. The predicted octanol–water partition coefficient (Wildman–Crippen LogP) is 4.83. The van der Waals surface area contributed by atoms with Crippen LogP contribution in [0.5, 0.6) is 5.75 Å². The van der Waals surface area contributed by atoms with Gasteiger partial charge in [-0.05, 0) is 48.5 Å². The third-order valence-corrected chi connectivity index (χ3v) is 6.75. The minimum atomic E-state index is -4.81. The molecule has 0 bridgehead atoms. The van der Waals surface area contributed by atoms with Crippen LogP contribution in [0.25, 0.3) is 11.0 Å². The fraction of sp³-hybridized carbons (Fsp3) is 0.0909. The second-order valence-corrected chi connectivity index (χ2v) is 9.00. The highest BCUT2D eigenvalue weighted by molar-refractivity contribution is 7.92. The van der Waals surface area contributed by atoms with Crippen molar-refractivity contribution in [3.8, 4) is 5.75 Å². The normalized spacial score (nSPS) is 13.9. The van der Waals surface area contributed by atoms with Crippen LogP contribution >= 0.6 is 0 Å². The molecule has 0 saturated heterocycles. The molecule has 1 aliphatic rings. The molecule has 168 valence electrons. The number of fused-ring (bicyclic) bond motifs is 2. The number of benzene rings is 3. The topological polar surface area (TPSA) is 75.6 Å². The minimum absolute atomic E-state index is 0.0849. The molecule has 0 saturated carbocycles. The first-order valence-corrected chi connectivity index (χ1v) is 11.1. The zero-order valence-corrected chi connectivity index (χ0v) is 17.6. The molecule has 4 aromatic rings. The molecular weight excluding hydrogens is 457 g/mol. The van der Waals surface area contributed by atoms with Crippen molar-refractivity contribution in [2.75, 3.05) is 15.9 Å². The van der Waals surface area contributed by atoms with Crippen LogP contribution in [0, 0.1) is 0 Å². The van der Waals surface area contributed by atoms with Crippen LogP contribution < -0.4 is 13.9 Å². The number of hydrogen-bond donors (Lipinski definition) is 0. The van der Waals surface area contributed by atoms with Crippen molar-refractivity contribution in [2.45, 2.75) is 11.3 Å². The van der Waals surface area contributed by atoms with Gasteiger partial charge >= 0.3 is 6.36 Å². The second kappa shape index (κ2) is 7.62. The fourth-order valence-electron chi connectivity index (χ4n) is 3.53. The number of halogens is 3. The fourth-order valence-corrected chi connectivity index (χ4v) is 4.91. The van der Waals surface area contributed by atoms with Crippen LogP contribution in [0.2, 0.25) is 0 Å². The lowest BCUT2D eigenvalue weighted by molar-refractivity contribution is -0.274. The summed E-state index contributed by atoms with van der Waals surface area (Å²) in [6.07, 6.45) is -4.81. The lowest BCUT2D eigenvalue weighted by Gasteiger charge is -2.21. The molecule has 11 heteroatoms. The van der Waals surface area contributed by atoms with Gasteiger partial charge in [-0.3, -0.25) is 0 Å². The van der Waals surface area contributed by atoms with Gasteiger partial charge in [0.2, 0.25) is 0 Å². The summed E-state index contributed by atoms with van der Waals surface area (Å²) >= 11 is 0. The van der Waals surface area contributed by atoms with E-state index in [2.05, 4.69) is 14.7 Å². The molecule has 2 heterocycles. The molecule has 1 aromatic heterocycles. The maximum atomic E-state index is 13.4. The largest absolute Gasteiger partial charge is 0.573 e.